The van der Waals surface area contributed by atoms with Crippen LogP contribution in [0.1, 0.15) is 24.1 Å². The van der Waals surface area contributed by atoms with E-state index in [0.717, 1.165) is 23.4 Å². The van der Waals surface area contributed by atoms with Crippen LogP contribution in [0.3, 0.4) is 0 Å². The molecule has 3 rings (SSSR count). The summed E-state index contributed by atoms with van der Waals surface area (Å²) in [7, 11) is 0. The second kappa shape index (κ2) is 7.18. The van der Waals surface area contributed by atoms with Crippen molar-refractivity contribution in [3.05, 3.63) is 75.9 Å². The third kappa shape index (κ3) is 3.75. The van der Waals surface area contributed by atoms with Crippen LogP contribution in [-0.2, 0) is 6.54 Å². The predicted octanol–water partition coefficient (Wildman–Crippen LogP) is 4.21. The van der Waals surface area contributed by atoms with Gasteiger partial charge in [-0.15, -0.1) is 0 Å². The number of rotatable bonds is 5. The summed E-state index contributed by atoms with van der Waals surface area (Å²) < 4.78 is 0. The molecule has 3 N–H and O–H groups in total. The molecule has 0 amide bonds. The van der Waals surface area contributed by atoms with Crippen molar-refractivity contribution in [1.29, 1.82) is 0 Å². The molecule has 1 heterocycles. The van der Waals surface area contributed by atoms with E-state index < -0.39 is 0 Å². The average molecular weight is 347 g/mol. The van der Waals surface area contributed by atoms with Gasteiger partial charge in [0.15, 0.2) is 0 Å². The molecule has 1 aromatic heterocycles. The number of benzene rings is 2. The summed E-state index contributed by atoms with van der Waals surface area (Å²) in [6.45, 7) is 3.02. The van der Waals surface area contributed by atoms with E-state index in [0.29, 0.717) is 16.1 Å². The SMILES string of the molecule is C[C@H]([NH2+]Cc1cn[nH]c1-c1ccc(Cl)cc1Cl)c1ccccc1. The van der Waals surface area contributed by atoms with Crippen LogP contribution in [0.2, 0.25) is 10.0 Å². The van der Waals surface area contributed by atoms with Crippen molar-refractivity contribution >= 4 is 23.2 Å². The number of hydrogen-bond acceptors (Lipinski definition) is 1. The second-order valence-electron chi connectivity index (χ2n) is 5.53. The van der Waals surface area contributed by atoms with Gasteiger partial charge in [0, 0.05) is 16.1 Å². The zero-order chi connectivity index (χ0) is 16.2. The van der Waals surface area contributed by atoms with E-state index in [9.17, 15) is 0 Å². The van der Waals surface area contributed by atoms with Crippen LogP contribution in [-0.4, -0.2) is 10.2 Å². The van der Waals surface area contributed by atoms with Gasteiger partial charge >= 0.3 is 0 Å². The monoisotopic (exact) mass is 346 g/mol. The van der Waals surface area contributed by atoms with Crippen molar-refractivity contribution in [2.24, 2.45) is 0 Å². The van der Waals surface area contributed by atoms with Gasteiger partial charge in [0.2, 0.25) is 0 Å². The first kappa shape index (κ1) is 16.1. The lowest BCUT2D eigenvalue weighted by molar-refractivity contribution is -0.707. The van der Waals surface area contributed by atoms with Crippen LogP contribution in [0.25, 0.3) is 11.3 Å². The molecule has 0 unspecified atom stereocenters. The van der Waals surface area contributed by atoms with Gasteiger partial charge in [0.05, 0.1) is 22.5 Å². The largest absolute Gasteiger partial charge is 0.336 e. The lowest BCUT2D eigenvalue weighted by atomic mass is 10.1. The molecule has 23 heavy (non-hydrogen) atoms. The lowest BCUT2D eigenvalue weighted by Gasteiger charge is -2.11. The summed E-state index contributed by atoms with van der Waals surface area (Å²) in [5.74, 6) is 0. The Morgan fingerprint density at radius 1 is 1.13 bits per heavy atom. The molecule has 2 aromatic carbocycles. The average Bonchev–Trinajstić information content (AvgIpc) is 3.01. The molecule has 0 saturated heterocycles. The zero-order valence-electron chi connectivity index (χ0n) is 12.8. The quantitative estimate of drug-likeness (QED) is 0.714. The standard InChI is InChI=1S/C18H17Cl2N3/c1-12(13-5-3-2-4-6-13)21-10-14-11-22-23-18(14)16-8-7-15(19)9-17(16)20/h2-9,11-12,21H,10H2,1H3,(H,22,23)/p+1/t12-/m0/s1. The Balaban J connectivity index is 1.76. The summed E-state index contributed by atoms with van der Waals surface area (Å²) >= 11 is 12.3. The van der Waals surface area contributed by atoms with Crippen molar-refractivity contribution in [3.8, 4) is 11.3 Å². The maximum atomic E-state index is 6.31. The number of nitrogens with one attached hydrogen (secondary N) is 1. The fourth-order valence-corrected chi connectivity index (χ4v) is 3.09. The minimum Gasteiger partial charge on any atom is -0.336 e. The number of nitrogens with zero attached hydrogens (tertiary/aromatic N) is 1. The summed E-state index contributed by atoms with van der Waals surface area (Å²) in [6, 6.07) is 16.3. The van der Waals surface area contributed by atoms with Crippen LogP contribution >= 0.6 is 23.2 Å². The molecule has 0 aliphatic carbocycles. The van der Waals surface area contributed by atoms with Crippen LogP contribution < -0.4 is 5.32 Å². The summed E-state index contributed by atoms with van der Waals surface area (Å²) in [6.07, 6.45) is 1.86. The zero-order valence-corrected chi connectivity index (χ0v) is 14.3. The molecule has 0 aliphatic rings. The maximum absolute atomic E-state index is 6.31. The summed E-state index contributed by atoms with van der Waals surface area (Å²) in [4.78, 5) is 0. The molecule has 5 heteroatoms. The molecule has 0 saturated carbocycles. The first-order valence-electron chi connectivity index (χ1n) is 7.51. The number of nitrogens with two attached hydrogens (primary N) is 1. The normalized spacial score (nSPS) is 12.3. The Morgan fingerprint density at radius 3 is 2.65 bits per heavy atom. The second-order valence-corrected chi connectivity index (χ2v) is 6.38. The van der Waals surface area contributed by atoms with Crippen molar-refractivity contribution in [2.45, 2.75) is 19.5 Å². The Kier molecular flexibility index (Phi) is 5.01. The van der Waals surface area contributed by atoms with E-state index in [2.05, 4.69) is 46.7 Å². The topological polar surface area (TPSA) is 45.3 Å². The summed E-state index contributed by atoms with van der Waals surface area (Å²) in [5, 5.41) is 10.8. The summed E-state index contributed by atoms with van der Waals surface area (Å²) in [5.41, 5.74) is 4.30. The third-order valence-corrected chi connectivity index (χ3v) is 4.48. The highest BCUT2D eigenvalue weighted by molar-refractivity contribution is 6.36. The molecule has 0 fully saturated rings. The lowest BCUT2D eigenvalue weighted by Crippen LogP contribution is -2.83. The van der Waals surface area contributed by atoms with Crippen molar-refractivity contribution < 1.29 is 5.32 Å². The first-order valence-corrected chi connectivity index (χ1v) is 8.26. The van der Waals surface area contributed by atoms with Crippen molar-refractivity contribution in [3.63, 3.8) is 0 Å². The number of quaternary nitrogens is 1. The molecule has 1 atom stereocenters. The molecular formula is C18H18Cl2N3+. The minimum atomic E-state index is 0.375. The van der Waals surface area contributed by atoms with E-state index in [4.69, 9.17) is 23.2 Å². The molecule has 0 bridgehead atoms. The Bertz CT molecular complexity index is 784. The molecule has 118 valence electrons. The fraction of sp³-hybridized carbons (Fsp3) is 0.167. The van der Waals surface area contributed by atoms with Crippen LogP contribution in [0.5, 0.6) is 0 Å². The van der Waals surface area contributed by atoms with Gasteiger partial charge in [-0.2, -0.15) is 5.10 Å². The highest BCUT2D eigenvalue weighted by Gasteiger charge is 2.15. The number of halogens is 2. The molecule has 3 nitrogen and oxygen atoms in total. The molecular weight excluding hydrogens is 329 g/mol. The molecule has 0 aliphatic heterocycles. The number of aromatic nitrogens is 2. The van der Waals surface area contributed by atoms with E-state index in [1.165, 1.54) is 5.56 Å². The van der Waals surface area contributed by atoms with E-state index >= 15 is 0 Å². The predicted molar refractivity (Wildman–Crippen MR) is 94.5 cm³/mol. The molecule has 0 spiro atoms. The maximum Gasteiger partial charge on any atom is 0.109 e. The Hall–Kier alpha value is -1.81. The van der Waals surface area contributed by atoms with Gasteiger partial charge in [0.1, 0.15) is 12.6 Å². The highest BCUT2D eigenvalue weighted by atomic mass is 35.5. The van der Waals surface area contributed by atoms with Gasteiger partial charge in [-0.3, -0.25) is 5.10 Å². The van der Waals surface area contributed by atoms with Crippen molar-refractivity contribution in [2.75, 3.05) is 0 Å². The smallest absolute Gasteiger partial charge is 0.109 e. The van der Waals surface area contributed by atoms with Crippen LogP contribution in [0.4, 0.5) is 0 Å². The third-order valence-electron chi connectivity index (χ3n) is 3.93. The van der Waals surface area contributed by atoms with E-state index in [1.807, 2.05) is 24.4 Å². The Morgan fingerprint density at radius 2 is 1.91 bits per heavy atom. The number of H-pyrrole nitrogens is 1. The fourth-order valence-electron chi connectivity index (χ4n) is 2.59. The van der Waals surface area contributed by atoms with E-state index in [1.54, 1.807) is 6.07 Å². The van der Waals surface area contributed by atoms with E-state index in [-0.39, 0.29) is 0 Å². The molecule has 0 radical (unpaired) electrons. The number of hydrogen-bond donors (Lipinski definition) is 2. The minimum absolute atomic E-state index is 0.375. The van der Waals surface area contributed by atoms with Gasteiger partial charge in [-0.05, 0) is 25.1 Å². The van der Waals surface area contributed by atoms with Gasteiger partial charge < -0.3 is 5.32 Å². The van der Waals surface area contributed by atoms with Gasteiger partial charge in [-0.25, -0.2) is 0 Å². The van der Waals surface area contributed by atoms with Gasteiger partial charge in [-0.1, -0.05) is 53.5 Å². The molecule has 3 aromatic rings. The Labute approximate surface area is 145 Å². The number of aromatic amines is 1. The van der Waals surface area contributed by atoms with Gasteiger partial charge in [0.25, 0.3) is 0 Å². The van der Waals surface area contributed by atoms with Crippen LogP contribution in [0, 0.1) is 0 Å². The van der Waals surface area contributed by atoms with Crippen LogP contribution in [0.15, 0.2) is 54.7 Å². The van der Waals surface area contributed by atoms with Crippen molar-refractivity contribution in [1.82, 2.24) is 10.2 Å². The first-order chi connectivity index (χ1) is 11.1. The highest BCUT2D eigenvalue weighted by Crippen LogP contribution is 2.30.